The normalized spacial score (nSPS) is 21.6. The van der Waals surface area contributed by atoms with Gasteiger partial charge in [0.2, 0.25) is 0 Å². The molecule has 0 aliphatic heterocycles. The predicted octanol–water partition coefficient (Wildman–Crippen LogP) is -0.0152. The maximum atomic E-state index is 12.8. The second-order valence-corrected chi connectivity index (χ2v) is 4.23. The predicted molar refractivity (Wildman–Crippen MR) is 75.7 cm³/mol. The van der Waals surface area contributed by atoms with Crippen LogP contribution in [0.4, 0.5) is 0 Å². The van der Waals surface area contributed by atoms with E-state index in [4.69, 9.17) is 12.3 Å². The van der Waals surface area contributed by atoms with Crippen molar-refractivity contribution in [3.8, 4) is 0 Å². The third-order valence-corrected chi connectivity index (χ3v) is 2.87. The quantitative estimate of drug-likeness (QED) is 0.839. The van der Waals surface area contributed by atoms with Crippen LogP contribution in [0.15, 0.2) is 15.9 Å². The van der Waals surface area contributed by atoms with Gasteiger partial charge in [-0.15, -0.1) is 0 Å². The summed E-state index contributed by atoms with van der Waals surface area (Å²) in [6.45, 7) is -6.18. The molecule has 0 saturated carbocycles. The largest absolute Gasteiger partial charge is 0.393 e. The number of aryl methyl sites for hydroxylation is 2. The van der Waals surface area contributed by atoms with E-state index in [1.54, 1.807) is 0 Å². The van der Waals surface area contributed by atoms with Crippen molar-refractivity contribution in [2.24, 2.45) is 14.0 Å². The lowest BCUT2D eigenvalue weighted by Crippen LogP contribution is -2.39. The molecule has 0 aliphatic carbocycles. The molecule has 0 aromatic carbocycles. The van der Waals surface area contributed by atoms with Crippen molar-refractivity contribution >= 4 is 11.2 Å². The smallest absolute Gasteiger partial charge is 0.332 e. The summed E-state index contributed by atoms with van der Waals surface area (Å²) in [6, 6.07) is 0. The van der Waals surface area contributed by atoms with Crippen molar-refractivity contribution in [2.45, 2.75) is 38.7 Å². The van der Waals surface area contributed by atoms with Crippen molar-refractivity contribution < 1.29 is 17.4 Å². The zero-order valence-electron chi connectivity index (χ0n) is 19.8. The summed E-state index contributed by atoms with van der Waals surface area (Å²) in [5.41, 5.74) is -2.61. The van der Waals surface area contributed by atoms with E-state index in [0.29, 0.717) is 9.13 Å². The minimum atomic E-state index is -2.94. The molecular weight excluding hydrogens is 260 g/mol. The Labute approximate surface area is 128 Å². The lowest BCUT2D eigenvalue weighted by molar-refractivity contribution is 0.180. The fourth-order valence-corrected chi connectivity index (χ4v) is 1.88. The number of imidazole rings is 1. The SMILES string of the molecule is [2H]c1nc2c(c(=O)n(CCCC([2H])([2H])[C@H](O)C([2H])([2H])[2H])c(=O)n2C)n1C([2H])([2H])[2H]. The van der Waals surface area contributed by atoms with E-state index in [1.807, 2.05) is 0 Å². The molecule has 0 fully saturated rings. The van der Waals surface area contributed by atoms with E-state index >= 15 is 0 Å². The summed E-state index contributed by atoms with van der Waals surface area (Å²) in [7, 11) is 1.24. The Morgan fingerprint density at radius 3 is 3.05 bits per heavy atom. The van der Waals surface area contributed by atoms with Gasteiger partial charge in [-0.3, -0.25) is 13.9 Å². The number of aliphatic hydroxyl groups excluding tert-OH is 1. The van der Waals surface area contributed by atoms with Crippen LogP contribution in [-0.2, 0) is 20.6 Å². The summed E-state index contributed by atoms with van der Waals surface area (Å²) in [4.78, 5) is 28.9. The highest BCUT2D eigenvalue weighted by atomic mass is 16.3. The van der Waals surface area contributed by atoms with E-state index < -0.39 is 55.8 Å². The van der Waals surface area contributed by atoms with Gasteiger partial charge in [-0.05, 0) is 26.1 Å². The summed E-state index contributed by atoms with van der Waals surface area (Å²) in [5.74, 6) is 0. The van der Waals surface area contributed by atoms with Crippen molar-refractivity contribution in [3.63, 3.8) is 0 Å². The second-order valence-electron chi connectivity index (χ2n) is 4.23. The van der Waals surface area contributed by atoms with Gasteiger partial charge in [0.25, 0.3) is 5.56 Å². The molecule has 7 heteroatoms. The van der Waals surface area contributed by atoms with Gasteiger partial charge in [0.15, 0.2) is 11.2 Å². The summed E-state index contributed by atoms with van der Waals surface area (Å²) in [6.07, 6.45) is -6.13. The maximum Gasteiger partial charge on any atom is 0.332 e. The monoisotopic (exact) mass is 289 g/mol. The molecule has 1 atom stereocenters. The van der Waals surface area contributed by atoms with E-state index in [2.05, 4.69) is 4.98 Å². The molecule has 2 aromatic heterocycles. The molecule has 0 aliphatic rings. The van der Waals surface area contributed by atoms with E-state index in [0.717, 1.165) is 4.57 Å². The molecule has 1 N–H and O–H groups in total. The first kappa shape index (κ1) is 6.71. The number of hydrogen-bond donors (Lipinski definition) is 1. The standard InChI is InChI=1S/C13H20N4O3/c1-9(18)6-4-5-7-17-12(19)10-11(14-8-15(10)2)16(3)13(17)20/h8-9,18H,4-7H2,1-3H3/t9-/m1/s1/i1D3,2D3,6D2,8D. The molecule has 7 nitrogen and oxygen atoms in total. The molecule has 0 bridgehead atoms. The molecule has 110 valence electrons. The minimum Gasteiger partial charge on any atom is -0.393 e. The lowest BCUT2D eigenvalue weighted by atomic mass is 10.2. The van der Waals surface area contributed by atoms with Crippen LogP contribution in [0.25, 0.3) is 11.2 Å². The molecule has 2 rings (SSSR count). The highest BCUT2D eigenvalue weighted by molar-refractivity contribution is 5.69. The summed E-state index contributed by atoms with van der Waals surface area (Å²) >= 11 is 0. The average molecular weight is 289 g/mol. The molecule has 0 radical (unpaired) electrons. The first-order chi connectivity index (χ1) is 13.0. The Bertz CT molecular complexity index is 1030. The van der Waals surface area contributed by atoms with Gasteiger partial charge < -0.3 is 9.67 Å². The van der Waals surface area contributed by atoms with Gasteiger partial charge in [-0.25, -0.2) is 9.78 Å². The number of fused-ring (bicyclic) bond motifs is 1. The zero-order chi connectivity index (χ0) is 22.5. The average Bonchev–Trinajstić information content (AvgIpc) is 2.92. The van der Waals surface area contributed by atoms with Crippen LogP contribution in [0.1, 0.15) is 38.4 Å². The maximum absolute atomic E-state index is 12.8. The molecule has 20 heavy (non-hydrogen) atoms. The first-order valence-corrected chi connectivity index (χ1v) is 5.87. The number of aliphatic hydroxyl groups is 1. The summed E-state index contributed by atoms with van der Waals surface area (Å²) < 4.78 is 69.0. The fraction of sp³-hybridized carbons (Fsp3) is 0.615. The first-order valence-electron chi connectivity index (χ1n) is 10.4. The van der Waals surface area contributed by atoms with E-state index in [9.17, 15) is 14.7 Å². The molecular formula is C13H20N4O3. The van der Waals surface area contributed by atoms with Crippen molar-refractivity contribution in [2.75, 3.05) is 0 Å². The van der Waals surface area contributed by atoms with Crippen LogP contribution in [-0.4, -0.2) is 29.9 Å². The van der Waals surface area contributed by atoms with Crippen LogP contribution in [0.2, 0.25) is 0 Å². The number of rotatable bonds is 5. The van der Waals surface area contributed by atoms with Gasteiger partial charge in [0, 0.05) is 31.5 Å². The Kier molecular flexibility index (Phi) is 1.89. The lowest BCUT2D eigenvalue weighted by Gasteiger charge is -2.09. The minimum absolute atomic E-state index is 0.184. The Morgan fingerprint density at radius 1 is 1.55 bits per heavy atom. The van der Waals surface area contributed by atoms with Crippen LogP contribution >= 0.6 is 0 Å². The van der Waals surface area contributed by atoms with Gasteiger partial charge >= 0.3 is 5.69 Å². The fourth-order valence-electron chi connectivity index (χ4n) is 1.88. The summed E-state index contributed by atoms with van der Waals surface area (Å²) in [5, 5.41) is 9.67. The Balaban J connectivity index is 2.45. The van der Waals surface area contributed by atoms with Gasteiger partial charge in [0.05, 0.1) is 12.4 Å². The van der Waals surface area contributed by atoms with Crippen molar-refractivity contribution in [1.29, 1.82) is 0 Å². The van der Waals surface area contributed by atoms with Gasteiger partial charge in [-0.2, -0.15) is 0 Å². The number of aromatic nitrogens is 4. The van der Waals surface area contributed by atoms with Crippen molar-refractivity contribution in [1.82, 2.24) is 18.7 Å². The molecule has 0 amide bonds. The van der Waals surface area contributed by atoms with Crippen LogP contribution in [0.5, 0.6) is 0 Å². The van der Waals surface area contributed by atoms with Crippen molar-refractivity contribution in [3.05, 3.63) is 27.1 Å². The Morgan fingerprint density at radius 2 is 2.35 bits per heavy atom. The third kappa shape index (κ3) is 2.53. The molecule has 0 unspecified atom stereocenters. The van der Waals surface area contributed by atoms with Crippen LogP contribution < -0.4 is 11.2 Å². The molecule has 2 aromatic rings. The highest BCUT2D eigenvalue weighted by Crippen LogP contribution is 2.04. The molecule has 0 saturated heterocycles. The Hall–Kier alpha value is -1.89. The molecule has 2 heterocycles. The topological polar surface area (TPSA) is 82.1 Å². The van der Waals surface area contributed by atoms with Crippen LogP contribution in [0.3, 0.4) is 0 Å². The second kappa shape index (κ2) is 5.62. The van der Waals surface area contributed by atoms with Gasteiger partial charge in [-0.1, -0.05) is 0 Å². The van der Waals surface area contributed by atoms with Crippen LogP contribution in [0, 0.1) is 0 Å². The van der Waals surface area contributed by atoms with Gasteiger partial charge in [0.1, 0.15) is 1.37 Å². The number of hydrogen-bond acceptors (Lipinski definition) is 4. The molecule has 0 spiro atoms. The van der Waals surface area contributed by atoms with E-state index in [1.165, 1.54) is 7.05 Å². The third-order valence-electron chi connectivity index (χ3n) is 2.87. The highest BCUT2D eigenvalue weighted by Gasteiger charge is 2.14. The number of nitrogens with zero attached hydrogens (tertiary/aromatic N) is 4. The zero-order valence-corrected chi connectivity index (χ0v) is 10.8. The van der Waals surface area contributed by atoms with E-state index in [-0.39, 0.29) is 18.6 Å².